The lowest BCUT2D eigenvalue weighted by atomic mass is 10.0. The van der Waals surface area contributed by atoms with Gasteiger partial charge in [-0.25, -0.2) is 0 Å². The quantitative estimate of drug-likeness (QED) is 0.733. The normalized spacial score (nSPS) is 26.8. The second-order valence-corrected chi connectivity index (χ2v) is 5.18. The van der Waals surface area contributed by atoms with E-state index in [2.05, 4.69) is 25.7 Å². The molecule has 1 aliphatic carbocycles. The Balaban J connectivity index is 2.26. The van der Waals surface area contributed by atoms with Crippen molar-refractivity contribution in [2.45, 2.75) is 65.0 Å². The zero-order valence-corrected chi connectivity index (χ0v) is 10.6. The number of nitrogens with zero attached hydrogens (tertiary/aromatic N) is 1. The highest BCUT2D eigenvalue weighted by molar-refractivity contribution is 4.78. The maximum absolute atomic E-state index is 9.75. The van der Waals surface area contributed by atoms with Crippen molar-refractivity contribution >= 4 is 0 Å². The Kier molecular flexibility index (Phi) is 5.62. The number of hydrogen-bond acceptors (Lipinski definition) is 2. The molecule has 0 amide bonds. The first-order valence-corrected chi connectivity index (χ1v) is 6.57. The minimum absolute atomic E-state index is 0.0133. The van der Waals surface area contributed by atoms with Crippen LogP contribution in [0.15, 0.2) is 0 Å². The van der Waals surface area contributed by atoms with E-state index in [-0.39, 0.29) is 6.10 Å². The molecule has 0 aromatic rings. The lowest BCUT2D eigenvalue weighted by molar-refractivity contribution is 0.113. The molecule has 0 radical (unpaired) electrons. The van der Waals surface area contributed by atoms with Crippen LogP contribution in [0, 0.1) is 5.92 Å². The summed E-state index contributed by atoms with van der Waals surface area (Å²) in [6.07, 6.45) is 5.88. The second-order valence-electron chi connectivity index (χ2n) is 5.18. The first-order valence-electron chi connectivity index (χ1n) is 6.57. The summed E-state index contributed by atoms with van der Waals surface area (Å²) >= 11 is 0. The third-order valence-electron chi connectivity index (χ3n) is 3.65. The van der Waals surface area contributed by atoms with Gasteiger partial charge in [0, 0.05) is 6.04 Å². The van der Waals surface area contributed by atoms with Gasteiger partial charge in [-0.3, -0.25) is 0 Å². The Morgan fingerprint density at radius 1 is 1.27 bits per heavy atom. The largest absolute Gasteiger partial charge is 0.393 e. The molecule has 1 aliphatic rings. The fourth-order valence-electron chi connectivity index (χ4n) is 2.60. The molecule has 90 valence electrons. The van der Waals surface area contributed by atoms with Crippen LogP contribution >= 0.6 is 0 Å². The smallest absolute Gasteiger partial charge is 0.0568 e. The number of aliphatic hydroxyl groups excluding tert-OH is 1. The van der Waals surface area contributed by atoms with Crippen LogP contribution in [0.2, 0.25) is 0 Å². The monoisotopic (exact) mass is 213 g/mol. The van der Waals surface area contributed by atoms with Gasteiger partial charge in [0.25, 0.3) is 0 Å². The number of hydrogen-bond donors (Lipinski definition) is 1. The van der Waals surface area contributed by atoms with Gasteiger partial charge in [0.1, 0.15) is 0 Å². The van der Waals surface area contributed by atoms with Gasteiger partial charge in [-0.2, -0.15) is 0 Å². The average molecular weight is 213 g/mol. The first kappa shape index (κ1) is 13.0. The summed E-state index contributed by atoms with van der Waals surface area (Å²) in [5, 5.41) is 9.75. The Labute approximate surface area is 94.7 Å². The van der Waals surface area contributed by atoms with E-state index in [1.54, 1.807) is 0 Å². The molecular formula is C13H27NO. The van der Waals surface area contributed by atoms with Gasteiger partial charge in [-0.05, 0) is 58.5 Å². The van der Waals surface area contributed by atoms with E-state index < -0.39 is 0 Å². The maximum Gasteiger partial charge on any atom is 0.0568 e. The fourth-order valence-corrected chi connectivity index (χ4v) is 2.60. The van der Waals surface area contributed by atoms with Crippen molar-refractivity contribution in [3.8, 4) is 0 Å². The van der Waals surface area contributed by atoms with Crippen LogP contribution in [-0.2, 0) is 0 Å². The summed E-state index contributed by atoms with van der Waals surface area (Å²) in [5.74, 6) is 0.572. The van der Waals surface area contributed by atoms with E-state index in [4.69, 9.17) is 0 Å². The highest BCUT2D eigenvalue weighted by Gasteiger charge is 2.25. The van der Waals surface area contributed by atoms with Crippen molar-refractivity contribution in [1.29, 1.82) is 0 Å². The molecular weight excluding hydrogens is 186 g/mol. The van der Waals surface area contributed by atoms with Gasteiger partial charge in [0.2, 0.25) is 0 Å². The fraction of sp³-hybridized carbons (Fsp3) is 1.00. The van der Waals surface area contributed by atoms with Crippen LogP contribution in [0.3, 0.4) is 0 Å². The molecule has 0 bridgehead atoms. The molecule has 0 aromatic carbocycles. The summed E-state index contributed by atoms with van der Waals surface area (Å²) in [7, 11) is 0. The molecule has 0 aliphatic heterocycles. The topological polar surface area (TPSA) is 23.5 Å². The molecule has 0 heterocycles. The molecule has 0 saturated heterocycles. The number of rotatable bonds is 6. The molecule has 2 atom stereocenters. The predicted octanol–water partition coefficient (Wildman–Crippen LogP) is 2.66. The SMILES string of the molecule is CCCN(CCC1CCCC1O)C(C)C. The van der Waals surface area contributed by atoms with Crippen molar-refractivity contribution in [2.24, 2.45) is 5.92 Å². The van der Waals surface area contributed by atoms with Crippen molar-refractivity contribution in [2.75, 3.05) is 13.1 Å². The Morgan fingerprint density at radius 3 is 2.47 bits per heavy atom. The van der Waals surface area contributed by atoms with E-state index >= 15 is 0 Å². The van der Waals surface area contributed by atoms with Crippen LogP contribution < -0.4 is 0 Å². The highest BCUT2D eigenvalue weighted by atomic mass is 16.3. The van der Waals surface area contributed by atoms with Crippen LogP contribution in [-0.4, -0.2) is 35.2 Å². The van der Waals surface area contributed by atoms with Gasteiger partial charge in [-0.1, -0.05) is 13.3 Å². The van der Waals surface area contributed by atoms with Gasteiger partial charge in [-0.15, -0.1) is 0 Å². The van der Waals surface area contributed by atoms with E-state index in [1.165, 1.54) is 32.2 Å². The summed E-state index contributed by atoms with van der Waals surface area (Å²) in [6, 6.07) is 0.642. The lowest BCUT2D eigenvalue weighted by Crippen LogP contribution is -2.34. The molecule has 2 heteroatoms. The third-order valence-corrected chi connectivity index (χ3v) is 3.65. The first-order chi connectivity index (χ1) is 7.15. The minimum atomic E-state index is -0.0133. The molecule has 1 fully saturated rings. The zero-order chi connectivity index (χ0) is 11.3. The summed E-state index contributed by atoms with van der Waals surface area (Å²) in [6.45, 7) is 9.12. The minimum Gasteiger partial charge on any atom is -0.393 e. The maximum atomic E-state index is 9.75. The Hall–Kier alpha value is -0.0800. The predicted molar refractivity (Wildman–Crippen MR) is 65.0 cm³/mol. The molecule has 1 rings (SSSR count). The highest BCUT2D eigenvalue weighted by Crippen LogP contribution is 2.28. The van der Waals surface area contributed by atoms with Crippen LogP contribution in [0.4, 0.5) is 0 Å². The standard InChI is InChI=1S/C13H27NO/c1-4-9-14(11(2)3)10-8-12-6-5-7-13(12)15/h11-13,15H,4-10H2,1-3H3. The van der Waals surface area contributed by atoms with Gasteiger partial charge < -0.3 is 10.0 Å². The second kappa shape index (κ2) is 6.49. The van der Waals surface area contributed by atoms with Crippen molar-refractivity contribution < 1.29 is 5.11 Å². The molecule has 2 nitrogen and oxygen atoms in total. The molecule has 1 N–H and O–H groups in total. The third kappa shape index (κ3) is 4.12. The van der Waals surface area contributed by atoms with Gasteiger partial charge in [0.05, 0.1) is 6.10 Å². The van der Waals surface area contributed by atoms with E-state index in [0.717, 1.165) is 13.0 Å². The van der Waals surface area contributed by atoms with Crippen LogP contribution in [0.5, 0.6) is 0 Å². The summed E-state index contributed by atoms with van der Waals surface area (Å²) in [4.78, 5) is 2.53. The van der Waals surface area contributed by atoms with Crippen molar-refractivity contribution in [3.63, 3.8) is 0 Å². The van der Waals surface area contributed by atoms with Crippen LogP contribution in [0.25, 0.3) is 0 Å². The number of aliphatic hydroxyl groups is 1. The van der Waals surface area contributed by atoms with Crippen LogP contribution in [0.1, 0.15) is 52.9 Å². The molecule has 0 spiro atoms. The van der Waals surface area contributed by atoms with Crippen molar-refractivity contribution in [1.82, 2.24) is 4.90 Å². The molecule has 2 unspecified atom stereocenters. The van der Waals surface area contributed by atoms with E-state index in [1.807, 2.05) is 0 Å². The van der Waals surface area contributed by atoms with Gasteiger partial charge >= 0.3 is 0 Å². The van der Waals surface area contributed by atoms with E-state index in [0.29, 0.717) is 12.0 Å². The van der Waals surface area contributed by atoms with Crippen molar-refractivity contribution in [3.05, 3.63) is 0 Å². The summed E-state index contributed by atoms with van der Waals surface area (Å²) in [5.41, 5.74) is 0. The lowest BCUT2D eigenvalue weighted by Gasteiger charge is -2.27. The summed E-state index contributed by atoms with van der Waals surface area (Å²) < 4.78 is 0. The molecule has 1 saturated carbocycles. The Bertz CT molecular complexity index is 170. The van der Waals surface area contributed by atoms with E-state index in [9.17, 15) is 5.11 Å². The average Bonchev–Trinajstić information content (AvgIpc) is 2.58. The Morgan fingerprint density at radius 2 is 2.00 bits per heavy atom. The van der Waals surface area contributed by atoms with Gasteiger partial charge in [0.15, 0.2) is 0 Å². The zero-order valence-electron chi connectivity index (χ0n) is 10.6. The molecule has 0 aromatic heterocycles. The molecule has 15 heavy (non-hydrogen) atoms.